The lowest BCUT2D eigenvalue weighted by Crippen LogP contribution is -2.16. The molecular weight excluding hydrogens is 194 g/mol. The fourth-order valence-corrected chi connectivity index (χ4v) is 1.40. The van der Waals surface area contributed by atoms with Gasteiger partial charge in [0.05, 0.1) is 5.69 Å². The van der Waals surface area contributed by atoms with Gasteiger partial charge in [-0.1, -0.05) is 54.2 Å². The second kappa shape index (κ2) is 4.04. The fourth-order valence-electron chi connectivity index (χ4n) is 1.40. The normalized spacial score (nSPS) is 12.6. The van der Waals surface area contributed by atoms with Crippen molar-refractivity contribution in [3.8, 4) is 0 Å². The topological polar surface area (TPSA) is 12.9 Å². The van der Waals surface area contributed by atoms with Gasteiger partial charge in [-0.2, -0.15) is 0 Å². The smallest absolute Gasteiger partial charge is 0.0664 e. The monoisotopic (exact) mass is 217 g/mol. The summed E-state index contributed by atoms with van der Waals surface area (Å²) in [6.07, 6.45) is 0. The van der Waals surface area contributed by atoms with Crippen LogP contribution >= 0.6 is 0 Å². The molecule has 0 N–H and O–H groups in total. The molecule has 0 aliphatic heterocycles. The van der Waals surface area contributed by atoms with Crippen molar-refractivity contribution in [1.29, 1.82) is 0 Å². The minimum absolute atomic E-state index is 0.0729. The van der Waals surface area contributed by atoms with E-state index in [1.807, 2.05) is 6.07 Å². The molecule has 1 nitrogen and oxygen atoms in total. The first kappa shape index (κ1) is 13.0. The molecule has 1 heteroatoms. The highest BCUT2D eigenvalue weighted by Gasteiger charge is 2.20. The summed E-state index contributed by atoms with van der Waals surface area (Å²) in [7, 11) is 0. The first-order chi connectivity index (χ1) is 7.12. The highest BCUT2D eigenvalue weighted by atomic mass is 14.7. The van der Waals surface area contributed by atoms with Crippen LogP contribution in [0, 0.1) is 5.41 Å². The van der Waals surface area contributed by atoms with Gasteiger partial charge < -0.3 is 0 Å². The largest absolute Gasteiger partial charge is 0.253 e. The summed E-state index contributed by atoms with van der Waals surface area (Å²) in [5.41, 5.74) is 3.39. The third-order valence-electron chi connectivity index (χ3n) is 2.73. The van der Waals surface area contributed by atoms with Crippen molar-refractivity contribution in [2.45, 2.75) is 47.0 Å². The highest BCUT2D eigenvalue weighted by molar-refractivity contribution is 5.64. The molecule has 1 aromatic heterocycles. The first-order valence-electron chi connectivity index (χ1n) is 5.79. The summed E-state index contributed by atoms with van der Waals surface area (Å²) in [5, 5.41) is 0. The lowest BCUT2D eigenvalue weighted by Gasteiger charge is -2.24. The Bertz CT molecular complexity index is 389. The van der Waals surface area contributed by atoms with Crippen LogP contribution in [0.5, 0.6) is 0 Å². The van der Waals surface area contributed by atoms with Crippen LogP contribution in [0.3, 0.4) is 0 Å². The standard InChI is InChI=1S/C15H23N/c1-11(14(2,3)4)12-9-8-10-13(16-12)15(5,6)7/h8-10H,1H2,2-7H3. The SMILES string of the molecule is C=C(c1cccc(C(C)(C)C)n1)C(C)(C)C. The van der Waals surface area contributed by atoms with Crippen LogP contribution in [0.15, 0.2) is 24.8 Å². The average Bonchev–Trinajstić information content (AvgIpc) is 2.14. The van der Waals surface area contributed by atoms with E-state index in [-0.39, 0.29) is 10.8 Å². The maximum absolute atomic E-state index is 4.71. The minimum atomic E-state index is 0.0729. The van der Waals surface area contributed by atoms with E-state index in [1.165, 1.54) is 0 Å². The number of aromatic nitrogens is 1. The van der Waals surface area contributed by atoms with E-state index in [0.717, 1.165) is 17.0 Å². The van der Waals surface area contributed by atoms with Crippen LogP contribution in [0.2, 0.25) is 0 Å². The van der Waals surface area contributed by atoms with Crippen molar-refractivity contribution in [2.24, 2.45) is 5.41 Å². The molecule has 1 rings (SSSR count). The number of hydrogen-bond acceptors (Lipinski definition) is 1. The van der Waals surface area contributed by atoms with Crippen molar-refractivity contribution in [3.05, 3.63) is 36.2 Å². The zero-order valence-electron chi connectivity index (χ0n) is 11.4. The van der Waals surface area contributed by atoms with Crippen molar-refractivity contribution in [1.82, 2.24) is 4.98 Å². The third-order valence-corrected chi connectivity index (χ3v) is 2.73. The Hall–Kier alpha value is -1.11. The van der Waals surface area contributed by atoms with Gasteiger partial charge in [-0.3, -0.25) is 4.98 Å². The van der Waals surface area contributed by atoms with Gasteiger partial charge >= 0.3 is 0 Å². The maximum Gasteiger partial charge on any atom is 0.0664 e. The third kappa shape index (κ3) is 2.94. The number of pyridine rings is 1. The Morgan fingerprint density at radius 1 is 1.06 bits per heavy atom. The van der Waals surface area contributed by atoms with Crippen LogP contribution in [0.25, 0.3) is 5.57 Å². The van der Waals surface area contributed by atoms with Crippen LogP contribution in [-0.2, 0) is 5.41 Å². The van der Waals surface area contributed by atoms with Gasteiger partial charge in [-0.05, 0) is 23.1 Å². The van der Waals surface area contributed by atoms with E-state index >= 15 is 0 Å². The molecule has 1 aromatic rings. The van der Waals surface area contributed by atoms with E-state index in [0.29, 0.717) is 0 Å². The average molecular weight is 217 g/mol. The van der Waals surface area contributed by atoms with Gasteiger partial charge in [0.25, 0.3) is 0 Å². The lowest BCUT2D eigenvalue weighted by molar-refractivity contribution is 0.553. The Labute approximate surface area is 99.6 Å². The van der Waals surface area contributed by atoms with Crippen molar-refractivity contribution >= 4 is 5.57 Å². The molecule has 0 bridgehead atoms. The number of rotatable bonds is 1. The van der Waals surface area contributed by atoms with Crippen molar-refractivity contribution < 1.29 is 0 Å². The Morgan fingerprint density at radius 3 is 2.06 bits per heavy atom. The van der Waals surface area contributed by atoms with E-state index in [9.17, 15) is 0 Å². The highest BCUT2D eigenvalue weighted by Crippen LogP contribution is 2.32. The van der Waals surface area contributed by atoms with Crippen molar-refractivity contribution in [3.63, 3.8) is 0 Å². The second-order valence-electron chi connectivity index (χ2n) is 6.39. The molecule has 0 atom stereocenters. The molecule has 0 radical (unpaired) electrons. The van der Waals surface area contributed by atoms with Gasteiger partial charge in [0.15, 0.2) is 0 Å². The van der Waals surface area contributed by atoms with Gasteiger partial charge in [-0.25, -0.2) is 0 Å². The molecular formula is C15H23N. The van der Waals surface area contributed by atoms with Crippen LogP contribution in [-0.4, -0.2) is 4.98 Å². The zero-order chi connectivity index (χ0) is 12.6. The van der Waals surface area contributed by atoms with E-state index < -0.39 is 0 Å². The van der Waals surface area contributed by atoms with Gasteiger partial charge in [0.1, 0.15) is 0 Å². The predicted octanol–water partition coefficient (Wildman–Crippen LogP) is 4.44. The summed E-state index contributed by atoms with van der Waals surface area (Å²) in [6.45, 7) is 17.2. The molecule has 0 spiro atoms. The molecule has 0 fully saturated rings. The fraction of sp³-hybridized carbons (Fsp3) is 0.533. The van der Waals surface area contributed by atoms with Gasteiger partial charge in [0.2, 0.25) is 0 Å². The molecule has 0 saturated heterocycles. The Morgan fingerprint density at radius 2 is 1.62 bits per heavy atom. The van der Waals surface area contributed by atoms with Crippen LogP contribution in [0.4, 0.5) is 0 Å². The maximum atomic E-state index is 4.71. The molecule has 0 aliphatic rings. The molecule has 1 heterocycles. The first-order valence-corrected chi connectivity index (χ1v) is 5.79. The predicted molar refractivity (Wildman–Crippen MR) is 71.4 cm³/mol. The number of allylic oxidation sites excluding steroid dienone is 1. The molecule has 88 valence electrons. The Balaban J connectivity index is 3.14. The number of hydrogen-bond donors (Lipinski definition) is 0. The van der Waals surface area contributed by atoms with E-state index in [2.05, 4.69) is 60.3 Å². The summed E-state index contributed by atoms with van der Waals surface area (Å²) < 4.78 is 0. The second-order valence-corrected chi connectivity index (χ2v) is 6.39. The van der Waals surface area contributed by atoms with E-state index in [1.54, 1.807) is 0 Å². The minimum Gasteiger partial charge on any atom is -0.253 e. The van der Waals surface area contributed by atoms with Crippen LogP contribution in [0.1, 0.15) is 52.9 Å². The molecule has 0 saturated carbocycles. The zero-order valence-corrected chi connectivity index (χ0v) is 11.4. The Kier molecular flexibility index (Phi) is 3.27. The lowest BCUT2D eigenvalue weighted by atomic mass is 9.84. The molecule has 0 aromatic carbocycles. The van der Waals surface area contributed by atoms with Crippen LogP contribution < -0.4 is 0 Å². The van der Waals surface area contributed by atoms with Gasteiger partial charge in [0, 0.05) is 11.1 Å². The number of nitrogens with zero attached hydrogens (tertiary/aromatic N) is 1. The molecule has 0 amide bonds. The molecule has 16 heavy (non-hydrogen) atoms. The summed E-state index contributed by atoms with van der Waals surface area (Å²) >= 11 is 0. The molecule has 0 unspecified atom stereocenters. The summed E-state index contributed by atoms with van der Waals surface area (Å²) in [5.74, 6) is 0. The van der Waals surface area contributed by atoms with Gasteiger partial charge in [-0.15, -0.1) is 0 Å². The summed E-state index contributed by atoms with van der Waals surface area (Å²) in [4.78, 5) is 4.71. The van der Waals surface area contributed by atoms with E-state index in [4.69, 9.17) is 4.98 Å². The molecule has 0 aliphatic carbocycles. The summed E-state index contributed by atoms with van der Waals surface area (Å²) in [6, 6.07) is 6.20. The quantitative estimate of drug-likeness (QED) is 0.677. The van der Waals surface area contributed by atoms with Crippen molar-refractivity contribution in [2.75, 3.05) is 0 Å².